The van der Waals surface area contributed by atoms with Crippen LogP contribution in [0.5, 0.6) is 0 Å². The summed E-state index contributed by atoms with van der Waals surface area (Å²) in [4.78, 5) is 25.5. The van der Waals surface area contributed by atoms with Crippen LogP contribution in [0.2, 0.25) is 10.0 Å². The average Bonchev–Trinajstić information content (AvgIpc) is 2.88. The van der Waals surface area contributed by atoms with Crippen LogP contribution in [0.1, 0.15) is 49.9 Å². The van der Waals surface area contributed by atoms with E-state index in [1.54, 1.807) is 24.3 Å². The van der Waals surface area contributed by atoms with E-state index in [9.17, 15) is 9.59 Å². The molecular weight excluding hydrogens is 503 g/mol. The zero-order valence-corrected chi connectivity index (χ0v) is 22.7. The molecule has 0 saturated carbocycles. The maximum atomic E-state index is 13.5. The van der Waals surface area contributed by atoms with Crippen molar-refractivity contribution < 1.29 is 9.59 Å². The first-order chi connectivity index (χ1) is 17.7. The monoisotopic (exact) mass is 530 g/mol. The number of halogens is 2. The van der Waals surface area contributed by atoms with E-state index >= 15 is 0 Å². The molecule has 4 nitrogen and oxygen atoms in total. The van der Waals surface area contributed by atoms with E-state index in [4.69, 9.17) is 23.2 Å². The molecule has 0 radical (unpaired) electrons. The summed E-state index contributed by atoms with van der Waals surface area (Å²) in [6.45, 7) is 7.49. The van der Waals surface area contributed by atoms with Gasteiger partial charge in [-0.1, -0.05) is 59.6 Å². The second-order valence-corrected chi connectivity index (χ2v) is 9.86. The Labute approximate surface area is 227 Å². The van der Waals surface area contributed by atoms with Crippen LogP contribution in [-0.4, -0.2) is 11.6 Å². The van der Waals surface area contributed by atoms with Crippen molar-refractivity contribution >= 4 is 57.5 Å². The highest BCUT2D eigenvalue weighted by molar-refractivity contribution is 6.40. The van der Waals surface area contributed by atoms with Gasteiger partial charge in [0, 0.05) is 34.6 Å². The number of ketones is 2. The number of Topliss-reactive ketones (excluding diaryl/α,β-unsaturated/α-hetero) is 2. The molecule has 2 N–H and O–H groups in total. The highest BCUT2D eigenvalue weighted by Crippen LogP contribution is 2.38. The van der Waals surface area contributed by atoms with Crippen LogP contribution in [-0.2, 0) is 6.42 Å². The number of para-hydroxylation sites is 2. The third-order valence-corrected chi connectivity index (χ3v) is 7.36. The maximum Gasteiger partial charge on any atom is 0.169 e. The van der Waals surface area contributed by atoms with E-state index in [0.29, 0.717) is 32.5 Å². The van der Waals surface area contributed by atoms with Gasteiger partial charge in [0.1, 0.15) is 0 Å². The number of carbonyl (C=O) groups excluding carboxylic acids is 2. The molecular formula is C31H28Cl2N2O2. The van der Waals surface area contributed by atoms with E-state index in [2.05, 4.69) is 30.5 Å². The number of hydrogen-bond donors (Lipinski definition) is 2. The number of carbonyl (C=O) groups is 2. The minimum absolute atomic E-state index is 0.0497. The van der Waals surface area contributed by atoms with Gasteiger partial charge in [0.05, 0.1) is 15.7 Å². The lowest BCUT2D eigenvalue weighted by molar-refractivity contribution is 0.0990. The Morgan fingerprint density at radius 2 is 1.32 bits per heavy atom. The second kappa shape index (κ2) is 11.2. The van der Waals surface area contributed by atoms with Crippen molar-refractivity contribution in [2.75, 3.05) is 10.6 Å². The number of benzene rings is 4. The van der Waals surface area contributed by atoms with Gasteiger partial charge in [-0.2, -0.15) is 0 Å². The van der Waals surface area contributed by atoms with Crippen molar-refractivity contribution in [2.45, 2.75) is 34.1 Å². The Hall–Kier alpha value is -3.60. The van der Waals surface area contributed by atoms with Crippen molar-refractivity contribution in [3.63, 3.8) is 0 Å². The Kier molecular flexibility index (Phi) is 8.01. The van der Waals surface area contributed by atoms with E-state index in [1.165, 1.54) is 12.5 Å². The molecule has 0 aromatic heterocycles. The molecule has 4 rings (SSSR count). The van der Waals surface area contributed by atoms with Crippen LogP contribution in [0, 0.1) is 20.8 Å². The summed E-state index contributed by atoms with van der Waals surface area (Å²) in [5, 5.41) is 7.42. The van der Waals surface area contributed by atoms with E-state index < -0.39 is 0 Å². The summed E-state index contributed by atoms with van der Waals surface area (Å²) >= 11 is 13.4. The lowest BCUT2D eigenvalue weighted by atomic mass is 9.97. The van der Waals surface area contributed by atoms with Crippen molar-refractivity contribution in [1.82, 2.24) is 0 Å². The molecule has 0 spiro atoms. The average molecular weight is 531 g/mol. The van der Waals surface area contributed by atoms with Crippen LogP contribution < -0.4 is 10.6 Å². The maximum absolute atomic E-state index is 13.5. The number of nitrogens with one attached hydrogen (secondary N) is 2. The summed E-state index contributed by atoms with van der Waals surface area (Å²) in [6.07, 6.45) is 0.140. The fourth-order valence-electron chi connectivity index (χ4n) is 4.23. The molecule has 0 bridgehead atoms. The van der Waals surface area contributed by atoms with E-state index in [0.717, 1.165) is 28.1 Å². The Balaban J connectivity index is 1.62. The normalized spacial score (nSPS) is 10.8. The van der Waals surface area contributed by atoms with Crippen molar-refractivity contribution in [1.29, 1.82) is 0 Å². The van der Waals surface area contributed by atoms with Crippen molar-refractivity contribution in [3.05, 3.63) is 116 Å². The van der Waals surface area contributed by atoms with E-state index in [1.807, 2.05) is 49.4 Å². The summed E-state index contributed by atoms with van der Waals surface area (Å²) in [7, 11) is 0. The predicted octanol–water partition coefficient (Wildman–Crippen LogP) is 9.03. The molecule has 6 heteroatoms. The fourth-order valence-corrected chi connectivity index (χ4v) is 4.83. The Morgan fingerprint density at radius 3 is 2.00 bits per heavy atom. The Morgan fingerprint density at radius 1 is 0.730 bits per heavy atom. The molecule has 0 aliphatic carbocycles. The zero-order valence-electron chi connectivity index (χ0n) is 21.2. The summed E-state index contributed by atoms with van der Waals surface area (Å²) in [5.74, 6) is -0.117. The highest BCUT2D eigenvalue weighted by Gasteiger charge is 2.19. The van der Waals surface area contributed by atoms with Crippen LogP contribution in [0.3, 0.4) is 0 Å². The summed E-state index contributed by atoms with van der Waals surface area (Å²) in [6, 6.07) is 22.5. The molecule has 37 heavy (non-hydrogen) atoms. The molecule has 0 aliphatic rings. The molecule has 0 amide bonds. The van der Waals surface area contributed by atoms with Gasteiger partial charge in [0.25, 0.3) is 0 Å². The van der Waals surface area contributed by atoms with Gasteiger partial charge < -0.3 is 10.6 Å². The summed E-state index contributed by atoms with van der Waals surface area (Å²) in [5.41, 5.74) is 7.76. The largest absolute Gasteiger partial charge is 0.355 e. The first kappa shape index (κ1) is 26.5. The fraction of sp³-hybridized carbons (Fsp3) is 0.161. The molecule has 188 valence electrons. The van der Waals surface area contributed by atoms with Crippen LogP contribution in [0.4, 0.5) is 22.7 Å². The third kappa shape index (κ3) is 5.71. The third-order valence-electron chi connectivity index (χ3n) is 6.59. The molecule has 4 aromatic carbocycles. The van der Waals surface area contributed by atoms with Gasteiger partial charge in [0.15, 0.2) is 11.6 Å². The van der Waals surface area contributed by atoms with Crippen LogP contribution in [0.25, 0.3) is 0 Å². The van der Waals surface area contributed by atoms with Crippen LogP contribution >= 0.6 is 23.2 Å². The minimum atomic E-state index is -0.0672. The van der Waals surface area contributed by atoms with Gasteiger partial charge in [-0.3, -0.25) is 9.59 Å². The van der Waals surface area contributed by atoms with Gasteiger partial charge in [-0.25, -0.2) is 0 Å². The smallest absolute Gasteiger partial charge is 0.169 e. The van der Waals surface area contributed by atoms with Crippen LogP contribution in [0.15, 0.2) is 72.8 Å². The molecule has 0 atom stereocenters. The standard InChI is InChI=1S/C31H28Cl2N2O2/c1-18-10-9-15-26(19(18)2)34-28-14-8-6-12-24(28)29(37)17-22-16-25(32)31(30(33)20(22)3)35-27-13-7-5-11-23(27)21(4)36/h5-16,34-35H,17H2,1-4H3. The molecule has 0 aliphatic heterocycles. The lowest BCUT2D eigenvalue weighted by Gasteiger charge is -2.18. The SMILES string of the molecule is CC(=O)c1ccccc1Nc1c(Cl)cc(CC(=O)c2ccccc2Nc2cccc(C)c2C)c(C)c1Cl. The number of hydrogen-bond acceptors (Lipinski definition) is 4. The molecule has 4 aromatic rings. The first-order valence-corrected chi connectivity index (χ1v) is 12.7. The highest BCUT2D eigenvalue weighted by atomic mass is 35.5. The Bertz CT molecular complexity index is 1510. The summed E-state index contributed by atoms with van der Waals surface area (Å²) < 4.78 is 0. The first-order valence-electron chi connectivity index (χ1n) is 12.0. The second-order valence-electron chi connectivity index (χ2n) is 9.08. The lowest BCUT2D eigenvalue weighted by Crippen LogP contribution is -2.09. The molecule has 0 fully saturated rings. The van der Waals surface area contributed by atoms with E-state index in [-0.39, 0.29) is 18.0 Å². The van der Waals surface area contributed by atoms with Gasteiger partial charge in [-0.05, 0) is 86.3 Å². The number of rotatable bonds is 8. The van der Waals surface area contributed by atoms with Gasteiger partial charge in [-0.15, -0.1) is 0 Å². The molecule has 0 saturated heterocycles. The minimum Gasteiger partial charge on any atom is -0.355 e. The number of anilines is 4. The number of aryl methyl sites for hydroxylation is 1. The van der Waals surface area contributed by atoms with Crippen molar-refractivity contribution in [2.24, 2.45) is 0 Å². The topological polar surface area (TPSA) is 58.2 Å². The molecule has 0 heterocycles. The zero-order chi connectivity index (χ0) is 26.7. The quantitative estimate of drug-likeness (QED) is 0.223. The van der Waals surface area contributed by atoms with Gasteiger partial charge >= 0.3 is 0 Å². The predicted molar refractivity (Wildman–Crippen MR) is 155 cm³/mol. The molecule has 0 unspecified atom stereocenters. The van der Waals surface area contributed by atoms with Crippen molar-refractivity contribution in [3.8, 4) is 0 Å². The van der Waals surface area contributed by atoms with Gasteiger partial charge in [0.2, 0.25) is 0 Å².